The Morgan fingerprint density at radius 1 is 1.39 bits per heavy atom. The van der Waals surface area contributed by atoms with E-state index in [1.807, 2.05) is 52.1 Å². The first-order chi connectivity index (χ1) is 8.37. The molecular weight excluding hydrogens is 230 g/mol. The van der Waals surface area contributed by atoms with Crippen LogP contribution in [0.5, 0.6) is 0 Å². The number of fused-ring (bicyclic) bond motifs is 1. The van der Waals surface area contributed by atoms with Crippen LogP contribution in [0.2, 0.25) is 0 Å². The van der Waals surface area contributed by atoms with Crippen molar-refractivity contribution in [1.29, 1.82) is 0 Å². The summed E-state index contributed by atoms with van der Waals surface area (Å²) < 4.78 is 6.95. The van der Waals surface area contributed by atoms with Gasteiger partial charge in [0.2, 0.25) is 0 Å². The van der Waals surface area contributed by atoms with Gasteiger partial charge in [0, 0.05) is 6.20 Å². The van der Waals surface area contributed by atoms with Crippen LogP contribution in [-0.4, -0.2) is 21.3 Å². The van der Waals surface area contributed by atoms with E-state index in [4.69, 9.17) is 4.74 Å². The van der Waals surface area contributed by atoms with Crippen molar-refractivity contribution in [2.24, 2.45) is 0 Å². The van der Waals surface area contributed by atoms with Gasteiger partial charge in [-0.15, -0.1) is 0 Å². The summed E-state index contributed by atoms with van der Waals surface area (Å²) in [5.74, 6) is 0. The standard InChI is InChI=1S/C13H17N3O2/c1-9-11(14-12(17)18-13(2,3)4)10-7-5-6-8-16(10)15-9/h5-8H,1-4H3,(H,14,17). The number of pyridine rings is 1. The third-order valence-corrected chi connectivity index (χ3v) is 2.34. The molecule has 2 aromatic rings. The topological polar surface area (TPSA) is 55.6 Å². The Morgan fingerprint density at radius 3 is 2.78 bits per heavy atom. The Morgan fingerprint density at radius 2 is 2.11 bits per heavy atom. The van der Waals surface area contributed by atoms with Gasteiger partial charge < -0.3 is 4.74 Å². The van der Waals surface area contributed by atoms with Gasteiger partial charge in [-0.05, 0) is 39.8 Å². The summed E-state index contributed by atoms with van der Waals surface area (Å²) in [5.41, 5.74) is 1.78. The van der Waals surface area contributed by atoms with Gasteiger partial charge in [0.05, 0.1) is 16.9 Å². The number of nitrogens with one attached hydrogen (secondary N) is 1. The Hall–Kier alpha value is -2.04. The molecule has 0 aromatic carbocycles. The molecule has 0 atom stereocenters. The highest BCUT2D eigenvalue weighted by Gasteiger charge is 2.18. The SMILES string of the molecule is Cc1nn2ccccc2c1NC(=O)OC(C)(C)C. The Kier molecular flexibility index (Phi) is 2.98. The molecule has 0 aliphatic rings. The summed E-state index contributed by atoms with van der Waals surface area (Å²) >= 11 is 0. The summed E-state index contributed by atoms with van der Waals surface area (Å²) in [6, 6.07) is 5.68. The minimum atomic E-state index is -0.513. The molecule has 1 N–H and O–H groups in total. The molecule has 0 fully saturated rings. The first-order valence-corrected chi connectivity index (χ1v) is 5.81. The molecular formula is C13H17N3O2. The Labute approximate surface area is 106 Å². The largest absolute Gasteiger partial charge is 0.444 e. The highest BCUT2D eigenvalue weighted by Crippen LogP contribution is 2.21. The van der Waals surface area contributed by atoms with E-state index in [0.717, 1.165) is 11.2 Å². The van der Waals surface area contributed by atoms with Crippen LogP contribution in [0, 0.1) is 6.92 Å². The number of carbonyl (C=O) groups excluding carboxylic acids is 1. The van der Waals surface area contributed by atoms with Crippen molar-refractivity contribution in [3.8, 4) is 0 Å². The van der Waals surface area contributed by atoms with E-state index >= 15 is 0 Å². The molecule has 2 heterocycles. The van der Waals surface area contributed by atoms with Crippen LogP contribution in [0.25, 0.3) is 5.52 Å². The van der Waals surface area contributed by atoms with E-state index < -0.39 is 11.7 Å². The molecule has 0 unspecified atom stereocenters. The molecule has 0 radical (unpaired) electrons. The van der Waals surface area contributed by atoms with Crippen LogP contribution >= 0.6 is 0 Å². The van der Waals surface area contributed by atoms with E-state index in [1.54, 1.807) is 4.52 Å². The van der Waals surface area contributed by atoms with Crippen LogP contribution < -0.4 is 5.32 Å². The molecule has 2 aromatic heterocycles. The zero-order valence-corrected chi connectivity index (χ0v) is 11.0. The molecule has 5 nitrogen and oxygen atoms in total. The van der Waals surface area contributed by atoms with Crippen molar-refractivity contribution in [3.05, 3.63) is 30.1 Å². The summed E-state index contributed by atoms with van der Waals surface area (Å²) in [4.78, 5) is 11.8. The molecule has 5 heteroatoms. The predicted octanol–water partition coefficient (Wildman–Crippen LogP) is 2.99. The van der Waals surface area contributed by atoms with E-state index in [1.165, 1.54) is 0 Å². The summed E-state index contributed by atoms with van der Waals surface area (Å²) in [5, 5.41) is 7.05. The molecule has 0 spiro atoms. The molecule has 0 aliphatic heterocycles. The van der Waals surface area contributed by atoms with Gasteiger partial charge in [-0.25, -0.2) is 9.31 Å². The predicted molar refractivity (Wildman–Crippen MR) is 69.8 cm³/mol. The number of hydrogen-bond acceptors (Lipinski definition) is 3. The van der Waals surface area contributed by atoms with Crippen LogP contribution in [0.3, 0.4) is 0 Å². The second-order valence-electron chi connectivity index (χ2n) is 5.12. The van der Waals surface area contributed by atoms with E-state index in [9.17, 15) is 4.79 Å². The Bertz CT molecular complexity index is 581. The maximum absolute atomic E-state index is 11.8. The minimum absolute atomic E-state index is 0.468. The zero-order chi connectivity index (χ0) is 13.3. The minimum Gasteiger partial charge on any atom is -0.444 e. The van der Waals surface area contributed by atoms with Crippen LogP contribution in [0.4, 0.5) is 10.5 Å². The number of aryl methyl sites for hydroxylation is 1. The fourth-order valence-corrected chi connectivity index (χ4v) is 1.68. The van der Waals surface area contributed by atoms with Gasteiger partial charge in [0.15, 0.2) is 0 Å². The number of rotatable bonds is 1. The number of hydrogen-bond donors (Lipinski definition) is 1. The van der Waals surface area contributed by atoms with Crippen molar-refractivity contribution in [3.63, 3.8) is 0 Å². The van der Waals surface area contributed by atoms with Crippen LogP contribution in [0.15, 0.2) is 24.4 Å². The second-order valence-corrected chi connectivity index (χ2v) is 5.12. The molecule has 0 saturated heterocycles. The van der Waals surface area contributed by atoms with E-state index in [2.05, 4.69) is 10.4 Å². The number of ether oxygens (including phenoxy) is 1. The monoisotopic (exact) mass is 247 g/mol. The maximum Gasteiger partial charge on any atom is 0.412 e. The summed E-state index contributed by atoms with van der Waals surface area (Å²) in [6.45, 7) is 7.33. The average molecular weight is 247 g/mol. The highest BCUT2D eigenvalue weighted by atomic mass is 16.6. The molecule has 2 rings (SSSR count). The zero-order valence-electron chi connectivity index (χ0n) is 11.0. The van der Waals surface area contributed by atoms with Crippen LogP contribution in [0.1, 0.15) is 26.5 Å². The quantitative estimate of drug-likeness (QED) is 0.842. The van der Waals surface area contributed by atoms with Crippen LogP contribution in [-0.2, 0) is 4.74 Å². The fourth-order valence-electron chi connectivity index (χ4n) is 1.68. The smallest absolute Gasteiger partial charge is 0.412 e. The first kappa shape index (κ1) is 12.4. The maximum atomic E-state index is 11.8. The normalized spacial score (nSPS) is 11.6. The average Bonchev–Trinajstić information content (AvgIpc) is 2.53. The van der Waals surface area contributed by atoms with Gasteiger partial charge in [-0.3, -0.25) is 5.32 Å². The molecule has 0 aliphatic carbocycles. The highest BCUT2D eigenvalue weighted by molar-refractivity contribution is 5.92. The van der Waals surface area contributed by atoms with Crippen molar-refractivity contribution < 1.29 is 9.53 Å². The number of carbonyl (C=O) groups is 1. The lowest BCUT2D eigenvalue weighted by molar-refractivity contribution is 0.0636. The molecule has 0 saturated carbocycles. The van der Waals surface area contributed by atoms with Gasteiger partial charge in [0.25, 0.3) is 0 Å². The third kappa shape index (κ3) is 2.61. The van der Waals surface area contributed by atoms with Crippen molar-refractivity contribution in [1.82, 2.24) is 9.61 Å². The Balaban J connectivity index is 2.27. The van der Waals surface area contributed by atoms with Gasteiger partial charge in [-0.1, -0.05) is 6.07 Å². The number of amides is 1. The lowest BCUT2D eigenvalue weighted by Crippen LogP contribution is -2.27. The number of nitrogens with zero attached hydrogens (tertiary/aromatic N) is 2. The van der Waals surface area contributed by atoms with E-state index in [-0.39, 0.29) is 0 Å². The summed E-state index contributed by atoms with van der Waals surface area (Å²) in [7, 11) is 0. The molecule has 96 valence electrons. The van der Waals surface area contributed by atoms with Crippen molar-refractivity contribution >= 4 is 17.3 Å². The third-order valence-electron chi connectivity index (χ3n) is 2.34. The lowest BCUT2D eigenvalue weighted by atomic mass is 10.2. The molecule has 18 heavy (non-hydrogen) atoms. The first-order valence-electron chi connectivity index (χ1n) is 5.81. The second kappa shape index (κ2) is 4.33. The molecule has 0 bridgehead atoms. The number of aromatic nitrogens is 2. The van der Waals surface area contributed by atoms with E-state index in [0.29, 0.717) is 5.69 Å². The van der Waals surface area contributed by atoms with Crippen molar-refractivity contribution in [2.45, 2.75) is 33.3 Å². The number of anilines is 1. The fraction of sp³-hybridized carbons (Fsp3) is 0.385. The summed E-state index contributed by atoms with van der Waals surface area (Å²) in [6.07, 6.45) is 1.37. The van der Waals surface area contributed by atoms with Crippen molar-refractivity contribution in [2.75, 3.05) is 5.32 Å². The lowest BCUT2D eigenvalue weighted by Gasteiger charge is -2.19. The van der Waals surface area contributed by atoms with Gasteiger partial charge >= 0.3 is 6.09 Å². The van der Waals surface area contributed by atoms with Gasteiger partial charge in [0.1, 0.15) is 5.60 Å². The molecule has 1 amide bonds. The van der Waals surface area contributed by atoms with Gasteiger partial charge in [-0.2, -0.15) is 5.10 Å².